The van der Waals surface area contributed by atoms with Gasteiger partial charge in [-0.2, -0.15) is 0 Å². The zero-order chi connectivity index (χ0) is 12.7. The minimum atomic E-state index is -0.439. The van der Waals surface area contributed by atoms with Gasteiger partial charge in [0.25, 0.3) is 0 Å². The van der Waals surface area contributed by atoms with Crippen LogP contribution in [0, 0.1) is 0 Å². The van der Waals surface area contributed by atoms with Crippen LogP contribution < -0.4 is 0 Å². The van der Waals surface area contributed by atoms with Gasteiger partial charge in [0.05, 0.1) is 6.61 Å². The molecule has 1 atom stereocenters. The van der Waals surface area contributed by atoms with E-state index in [2.05, 4.69) is 5.16 Å². The number of carbonyl (C=O) groups excluding carboxylic acids is 1. The molecule has 0 radical (unpaired) electrons. The molecule has 1 unspecified atom stereocenters. The van der Waals surface area contributed by atoms with Crippen LogP contribution in [-0.2, 0) is 14.4 Å². The lowest BCUT2D eigenvalue weighted by Crippen LogP contribution is -2.23. The van der Waals surface area contributed by atoms with E-state index in [1.807, 2.05) is 37.3 Å². The normalized spacial score (nSPS) is 13.0. The molecule has 92 valence electrons. The average molecular weight is 235 g/mol. The summed E-state index contributed by atoms with van der Waals surface area (Å²) in [6.45, 7) is 3.97. The monoisotopic (exact) mass is 235 g/mol. The van der Waals surface area contributed by atoms with Gasteiger partial charge in [0, 0.05) is 5.92 Å². The first-order valence-electron chi connectivity index (χ1n) is 5.53. The summed E-state index contributed by atoms with van der Waals surface area (Å²) in [5.41, 5.74) is 1.27. The molecule has 0 spiro atoms. The van der Waals surface area contributed by atoms with Crippen LogP contribution in [0.1, 0.15) is 25.3 Å². The van der Waals surface area contributed by atoms with Gasteiger partial charge in [-0.1, -0.05) is 42.4 Å². The van der Waals surface area contributed by atoms with Crippen molar-refractivity contribution in [1.29, 1.82) is 0 Å². The Bertz CT molecular complexity index is 387. The highest BCUT2D eigenvalue weighted by Gasteiger charge is 2.22. The lowest BCUT2D eigenvalue weighted by molar-refractivity contribution is -0.135. The lowest BCUT2D eigenvalue weighted by atomic mass is 9.96. The molecule has 0 amide bonds. The molecule has 4 nitrogen and oxygen atoms in total. The van der Waals surface area contributed by atoms with E-state index >= 15 is 0 Å². The number of oxime groups is 1. The Hall–Kier alpha value is -1.84. The Kier molecular flexibility index (Phi) is 5.20. The van der Waals surface area contributed by atoms with E-state index in [0.29, 0.717) is 6.61 Å². The Balaban J connectivity index is 2.92. The van der Waals surface area contributed by atoms with E-state index in [1.54, 1.807) is 6.92 Å². The third kappa shape index (κ3) is 3.59. The first kappa shape index (κ1) is 13.2. The van der Waals surface area contributed by atoms with Crippen LogP contribution in [0.5, 0.6) is 0 Å². The van der Waals surface area contributed by atoms with Gasteiger partial charge < -0.3 is 9.57 Å². The number of esters is 1. The van der Waals surface area contributed by atoms with Gasteiger partial charge >= 0.3 is 5.97 Å². The zero-order valence-electron chi connectivity index (χ0n) is 10.3. The molecule has 0 bridgehead atoms. The van der Waals surface area contributed by atoms with Crippen molar-refractivity contribution < 1.29 is 14.4 Å². The molecular weight excluding hydrogens is 218 g/mol. The lowest BCUT2D eigenvalue weighted by Gasteiger charge is -2.13. The summed E-state index contributed by atoms with van der Waals surface area (Å²) in [7, 11) is 1.41. The number of ether oxygens (including phenoxy) is 1. The van der Waals surface area contributed by atoms with Crippen molar-refractivity contribution in [1.82, 2.24) is 0 Å². The Morgan fingerprint density at radius 1 is 1.35 bits per heavy atom. The largest absolute Gasteiger partial charge is 0.461 e. The van der Waals surface area contributed by atoms with E-state index in [4.69, 9.17) is 9.57 Å². The Labute approximate surface area is 101 Å². The van der Waals surface area contributed by atoms with Crippen molar-refractivity contribution in [2.75, 3.05) is 13.7 Å². The van der Waals surface area contributed by atoms with E-state index in [0.717, 1.165) is 5.56 Å². The molecule has 4 heteroatoms. The molecule has 1 aromatic carbocycles. The SMILES string of the molecule is CCOC(=O)/C(=N/OC)C(C)c1ccccc1. The van der Waals surface area contributed by atoms with Crippen LogP contribution in [-0.4, -0.2) is 25.4 Å². The fourth-order valence-corrected chi connectivity index (χ4v) is 1.50. The molecule has 0 saturated heterocycles. The van der Waals surface area contributed by atoms with E-state index in [1.165, 1.54) is 7.11 Å². The minimum Gasteiger partial charge on any atom is -0.461 e. The molecule has 0 aliphatic rings. The number of carbonyl (C=O) groups is 1. The topological polar surface area (TPSA) is 47.9 Å². The second kappa shape index (κ2) is 6.68. The maximum absolute atomic E-state index is 11.7. The van der Waals surface area contributed by atoms with Gasteiger partial charge in [-0.05, 0) is 12.5 Å². The van der Waals surface area contributed by atoms with Crippen LogP contribution in [0.25, 0.3) is 0 Å². The van der Waals surface area contributed by atoms with E-state index in [-0.39, 0.29) is 11.6 Å². The zero-order valence-corrected chi connectivity index (χ0v) is 10.3. The van der Waals surface area contributed by atoms with Crippen LogP contribution in [0.15, 0.2) is 35.5 Å². The fraction of sp³-hybridized carbons (Fsp3) is 0.385. The van der Waals surface area contributed by atoms with E-state index < -0.39 is 5.97 Å². The average Bonchev–Trinajstić information content (AvgIpc) is 2.36. The number of nitrogens with zero attached hydrogens (tertiary/aromatic N) is 1. The molecule has 1 aromatic rings. The summed E-state index contributed by atoms with van der Waals surface area (Å²) < 4.78 is 4.95. The second-order valence-electron chi connectivity index (χ2n) is 3.51. The summed E-state index contributed by atoms with van der Waals surface area (Å²) in [6.07, 6.45) is 0. The smallest absolute Gasteiger partial charge is 0.356 e. The molecular formula is C13H17NO3. The molecule has 0 heterocycles. The van der Waals surface area contributed by atoms with Gasteiger partial charge in [0.15, 0.2) is 5.71 Å². The standard InChI is InChI=1S/C13H17NO3/c1-4-17-13(15)12(14-16-3)10(2)11-8-6-5-7-9-11/h5-10H,4H2,1-3H3/b14-12+. The molecule has 0 aliphatic carbocycles. The minimum absolute atomic E-state index is 0.157. The maximum atomic E-state index is 11.7. The molecule has 0 aromatic heterocycles. The van der Waals surface area contributed by atoms with E-state index in [9.17, 15) is 4.79 Å². The van der Waals surface area contributed by atoms with Gasteiger partial charge in [-0.15, -0.1) is 0 Å². The highest BCUT2D eigenvalue weighted by molar-refractivity contribution is 6.38. The van der Waals surface area contributed by atoms with Crippen LogP contribution in [0.3, 0.4) is 0 Å². The summed E-state index contributed by atoms with van der Waals surface area (Å²) in [5, 5.41) is 3.76. The number of hydrogen-bond donors (Lipinski definition) is 0. The summed E-state index contributed by atoms with van der Waals surface area (Å²) in [6, 6.07) is 9.64. The third-order valence-electron chi connectivity index (χ3n) is 2.38. The Morgan fingerprint density at radius 3 is 2.53 bits per heavy atom. The van der Waals surface area contributed by atoms with Crippen molar-refractivity contribution in [3.63, 3.8) is 0 Å². The molecule has 0 saturated carbocycles. The molecule has 1 rings (SSSR count). The first-order chi connectivity index (χ1) is 8.20. The summed E-state index contributed by atoms with van der Waals surface area (Å²) >= 11 is 0. The van der Waals surface area contributed by atoms with Crippen LogP contribution in [0.2, 0.25) is 0 Å². The molecule has 0 fully saturated rings. The van der Waals surface area contributed by atoms with Gasteiger partial charge in [0.2, 0.25) is 0 Å². The van der Waals surface area contributed by atoms with Crippen molar-refractivity contribution in [3.05, 3.63) is 35.9 Å². The second-order valence-corrected chi connectivity index (χ2v) is 3.51. The predicted octanol–water partition coefficient (Wildman–Crippen LogP) is 2.36. The highest BCUT2D eigenvalue weighted by Crippen LogP contribution is 2.17. The molecule has 0 aliphatic heterocycles. The highest BCUT2D eigenvalue weighted by atomic mass is 16.6. The van der Waals surface area contributed by atoms with Gasteiger partial charge in [0.1, 0.15) is 7.11 Å². The number of hydrogen-bond acceptors (Lipinski definition) is 4. The van der Waals surface area contributed by atoms with Gasteiger partial charge in [-0.3, -0.25) is 0 Å². The summed E-state index contributed by atoms with van der Waals surface area (Å²) in [4.78, 5) is 16.4. The molecule has 0 N–H and O–H groups in total. The maximum Gasteiger partial charge on any atom is 0.356 e. The van der Waals surface area contributed by atoms with Crippen molar-refractivity contribution >= 4 is 11.7 Å². The quantitative estimate of drug-likeness (QED) is 0.447. The van der Waals surface area contributed by atoms with Crippen molar-refractivity contribution in [2.24, 2.45) is 5.16 Å². The van der Waals surface area contributed by atoms with Crippen LogP contribution in [0.4, 0.5) is 0 Å². The summed E-state index contributed by atoms with van der Waals surface area (Å²) in [5.74, 6) is -0.596. The predicted molar refractivity (Wildman–Crippen MR) is 65.9 cm³/mol. The van der Waals surface area contributed by atoms with Crippen molar-refractivity contribution in [2.45, 2.75) is 19.8 Å². The molecule has 17 heavy (non-hydrogen) atoms. The number of rotatable bonds is 5. The first-order valence-corrected chi connectivity index (χ1v) is 5.53. The fourth-order valence-electron chi connectivity index (χ4n) is 1.50. The van der Waals surface area contributed by atoms with Crippen LogP contribution >= 0.6 is 0 Å². The Morgan fingerprint density at radius 2 is 2.00 bits per heavy atom. The third-order valence-corrected chi connectivity index (χ3v) is 2.38. The van der Waals surface area contributed by atoms with Gasteiger partial charge in [-0.25, -0.2) is 4.79 Å². The number of benzene rings is 1. The van der Waals surface area contributed by atoms with Crippen molar-refractivity contribution in [3.8, 4) is 0 Å².